The van der Waals surface area contributed by atoms with Gasteiger partial charge in [0.25, 0.3) is 0 Å². The first kappa shape index (κ1) is 10.2. The Morgan fingerprint density at radius 2 is 1.86 bits per heavy atom. The van der Waals surface area contributed by atoms with Gasteiger partial charge in [-0.05, 0) is 5.18 Å². The Kier molecular flexibility index (Phi) is 2.85. The van der Waals surface area contributed by atoms with Crippen LogP contribution in [-0.2, 0) is 4.79 Å². The highest BCUT2D eigenvalue weighted by atomic mass is 19.1. The van der Waals surface area contributed by atoms with E-state index >= 15 is 0 Å². The van der Waals surface area contributed by atoms with Crippen molar-refractivity contribution in [1.29, 1.82) is 0 Å². The lowest BCUT2D eigenvalue weighted by Gasteiger charge is -2.03. The van der Waals surface area contributed by atoms with E-state index in [1.165, 1.54) is 0 Å². The smallest absolute Gasteiger partial charge is 0.308 e. The van der Waals surface area contributed by atoms with Crippen LogP contribution in [0.3, 0.4) is 0 Å². The molecule has 14 heavy (non-hydrogen) atoms. The Balaban J connectivity index is 3.17. The number of ether oxygens (including phenoxy) is 1. The lowest BCUT2D eigenvalue weighted by atomic mass is 10.3. The van der Waals surface area contributed by atoms with Gasteiger partial charge in [0.15, 0.2) is 11.6 Å². The molecule has 0 atom stereocenters. The third-order valence-electron chi connectivity index (χ3n) is 1.33. The summed E-state index contributed by atoms with van der Waals surface area (Å²) in [7, 11) is 0. The zero-order chi connectivity index (χ0) is 10.7. The summed E-state index contributed by atoms with van der Waals surface area (Å²) in [6.45, 7) is 1.00. The monoisotopic (exact) mass is 201 g/mol. The van der Waals surface area contributed by atoms with E-state index in [-0.39, 0.29) is 0 Å². The second kappa shape index (κ2) is 3.91. The molecule has 4 nitrogen and oxygen atoms in total. The van der Waals surface area contributed by atoms with Crippen LogP contribution < -0.4 is 4.74 Å². The number of hydrogen-bond acceptors (Lipinski definition) is 4. The molecule has 0 aliphatic heterocycles. The zero-order valence-electron chi connectivity index (χ0n) is 7.08. The largest absolute Gasteiger partial charge is 0.420 e. The summed E-state index contributed by atoms with van der Waals surface area (Å²) < 4.78 is 30.1. The number of carbonyl (C=O) groups excluding carboxylic acids is 1. The van der Waals surface area contributed by atoms with E-state index in [1.54, 1.807) is 0 Å². The number of halogens is 2. The van der Waals surface area contributed by atoms with Gasteiger partial charge in [0.2, 0.25) is 5.75 Å². The van der Waals surface area contributed by atoms with Crippen molar-refractivity contribution in [2.45, 2.75) is 6.92 Å². The van der Waals surface area contributed by atoms with Crippen LogP contribution in [0.4, 0.5) is 14.5 Å². The molecule has 0 unspecified atom stereocenters. The van der Waals surface area contributed by atoms with Crippen LogP contribution in [0.1, 0.15) is 6.92 Å². The summed E-state index contributed by atoms with van der Waals surface area (Å²) in [6, 6.07) is 1.35. The maximum absolute atomic E-state index is 12.9. The highest BCUT2D eigenvalue weighted by molar-refractivity contribution is 5.69. The van der Waals surface area contributed by atoms with Crippen LogP contribution in [0.15, 0.2) is 17.3 Å². The molecule has 0 spiro atoms. The third kappa shape index (κ3) is 2.09. The average Bonchev–Trinajstić information content (AvgIpc) is 2.10. The number of carbonyl (C=O) groups is 1. The SMILES string of the molecule is CC(=O)Oc1c(F)cc(N=O)cc1F. The number of benzene rings is 1. The van der Waals surface area contributed by atoms with Gasteiger partial charge in [-0.25, -0.2) is 8.78 Å². The molecular formula is C8H5F2NO3. The molecule has 6 heteroatoms. The highest BCUT2D eigenvalue weighted by Gasteiger charge is 2.14. The predicted octanol–water partition coefficient (Wildman–Crippen LogP) is 2.29. The Hall–Kier alpha value is -1.85. The number of nitroso groups, excluding NO2 is 1. The summed E-state index contributed by atoms with van der Waals surface area (Å²) in [5, 5.41) is 2.34. The summed E-state index contributed by atoms with van der Waals surface area (Å²) in [4.78, 5) is 20.4. The minimum Gasteiger partial charge on any atom is -0.420 e. The Morgan fingerprint density at radius 1 is 1.36 bits per heavy atom. The van der Waals surface area contributed by atoms with E-state index in [1.807, 2.05) is 0 Å². The highest BCUT2D eigenvalue weighted by Crippen LogP contribution is 2.26. The molecule has 0 saturated heterocycles. The molecule has 1 rings (SSSR count). The number of rotatable bonds is 2. The molecule has 0 fully saturated rings. The fourth-order valence-electron chi connectivity index (χ4n) is 0.840. The van der Waals surface area contributed by atoms with E-state index in [0.29, 0.717) is 12.1 Å². The fourth-order valence-corrected chi connectivity index (χ4v) is 0.840. The topological polar surface area (TPSA) is 55.7 Å². The van der Waals surface area contributed by atoms with Gasteiger partial charge in [0.05, 0.1) is 0 Å². The normalized spacial score (nSPS) is 9.64. The van der Waals surface area contributed by atoms with Crippen molar-refractivity contribution >= 4 is 11.7 Å². The molecule has 0 saturated carbocycles. The molecule has 0 aliphatic rings. The average molecular weight is 201 g/mol. The summed E-state index contributed by atoms with van der Waals surface area (Å²) >= 11 is 0. The molecule has 0 N–H and O–H groups in total. The first-order chi connectivity index (χ1) is 6.54. The Labute approximate surface area is 77.5 Å². The standard InChI is InChI=1S/C8H5F2NO3/c1-4(12)14-8-6(9)2-5(11-13)3-7(8)10/h2-3H,1H3. The van der Waals surface area contributed by atoms with Gasteiger partial charge >= 0.3 is 5.97 Å². The van der Waals surface area contributed by atoms with Crippen molar-refractivity contribution in [3.05, 3.63) is 28.7 Å². The zero-order valence-corrected chi connectivity index (χ0v) is 7.08. The molecule has 0 aliphatic carbocycles. The summed E-state index contributed by atoms with van der Waals surface area (Å²) in [5.41, 5.74) is -0.407. The van der Waals surface area contributed by atoms with Crippen molar-refractivity contribution in [2.24, 2.45) is 5.18 Å². The number of esters is 1. The summed E-state index contributed by atoms with van der Waals surface area (Å²) in [5.74, 6) is -3.97. The van der Waals surface area contributed by atoms with Gasteiger partial charge in [0.1, 0.15) is 5.69 Å². The van der Waals surface area contributed by atoms with Gasteiger partial charge in [0, 0.05) is 19.1 Å². The molecular weight excluding hydrogens is 196 g/mol. The van der Waals surface area contributed by atoms with Crippen molar-refractivity contribution in [3.63, 3.8) is 0 Å². The lowest BCUT2D eigenvalue weighted by molar-refractivity contribution is -0.132. The van der Waals surface area contributed by atoms with Crippen molar-refractivity contribution in [2.75, 3.05) is 0 Å². The molecule has 0 bridgehead atoms. The third-order valence-corrected chi connectivity index (χ3v) is 1.33. The van der Waals surface area contributed by atoms with E-state index in [2.05, 4.69) is 9.91 Å². The second-order valence-corrected chi connectivity index (χ2v) is 2.42. The number of nitrogens with zero attached hydrogens (tertiary/aromatic N) is 1. The lowest BCUT2D eigenvalue weighted by Crippen LogP contribution is -2.05. The van der Waals surface area contributed by atoms with Crippen LogP contribution in [-0.4, -0.2) is 5.97 Å². The molecule has 1 aromatic carbocycles. The Morgan fingerprint density at radius 3 is 2.21 bits per heavy atom. The van der Waals surface area contributed by atoms with Gasteiger partial charge in [-0.15, -0.1) is 4.91 Å². The Bertz CT molecular complexity index is 369. The molecule has 1 aromatic rings. The van der Waals surface area contributed by atoms with Crippen LogP contribution in [0.5, 0.6) is 5.75 Å². The number of hydrogen-bond donors (Lipinski definition) is 0. The molecule has 0 amide bonds. The van der Waals surface area contributed by atoms with Gasteiger partial charge in [-0.3, -0.25) is 4.79 Å². The molecule has 0 radical (unpaired) electrons. The first-order valence-electron chi connectivity index (χ1n) is 3.55. The van der Waals surface area contributed by atoms with Gasteiger partial charge in [-0.1, -0.05) is 0 Å². The minimum atomic E-state index is -1.14. The van der Waals surface area contributed by atoms with E-state index in [0.717, 1.165) is 6.92 Å². The molecule has 74 valence electrons. The maximum Gasteiger partial charge on any atom is 0.308 e. The van der Waals surface area contributed by atoms with Gasteiger partial charge < -0.3 is 4.74 Å². The molecule has 0 aromatic heterocycles. The first-order valence-corrected chi connectivity index (χ1v) is 3.55. The fraction of sp³-hybridized carbons (Fsp3) is 0.125. The minimum absolute atomic E-state index is 0.407. The van der Waals surface area contributed by atoms with Crippen LogP contribution in [0.2, 0.25) is 0 Å². The van der Waals surface area contributed by atoms with Crippen molar-refractivity contribution in [1.82, 2.24) is 0 Å². The molecule has 0 heterocycles. The van der Waals surface area contributed by atoms with E-state index in [4.69, 9.17) is 0 Å². The van der Waals surface area contributed by atoms with E-state index in [9.17, 15) is 18.5 Å². The predicted molar refractivity (Wildman–Crippen MR) is 43.1 cm³/mol. The summed E-state index contributed by atoms with van der Waals surface area (Å²) in [6.07, 6.45) is 0. The van der Waals surface area contributed by atoms with Crippen LogP contribution in [0.25, 0.3) is 0 Å². The second-order valence-electron chi connectivity index (χ2n) is 2.42. The maximum atomic E-state index is 12.9. The van der Waals surface area contributed by atoms with Crippen molar-refractivity contribution in [3.8, 4) is 5.75 Å². The van der Waals surface area contributed by atoms with Crippen molar-refractivity contribution < 1.29 is 18.3 Å². The van der Waals surface area contributed by atoms with Crippen LogP contribution in [0, 0.1) is 16.5 Å². The quantitative estimate of drug-likeness (QED) is 0.419. The van der Waals surface area contributed by atoms with Gasteiger partial charge in [-0.2, -0.15) is 0 Å². The van der Waals surface area contributed by atoms with Crippen LogP contribution >= 0.6 is 0 Å². The van der Waals surface area contributed by atoms with E-state index < -0.39 is 29.0 Å².